The second kappa shape index (κ2) is 5.12. The molecule has 130 valence electrons. The quantitative estimate of drug-likeness (QED) is 0.807. The Morgan fingerprint density at radius 2 is 2.20 bits per heavy atom. The number of halogens is 1. The van der Waals surface area contributed by atoms with E-state index in [2.05, 4.69) is 18.0 Å². The van der Waals surface area contributed by atoms with Gasteiger partial charge in [0, 0.05) is 17.6 Å². The van der Waals surface area contributed by atoms with Gasteiger partial charge in [-0.1, -0.05) is 11.6 Å². The molecule has 5 heteroatoms. The Morgan fingerprint density at radius 1 is 1.36 bits per heavy atom. The summed E-state index contributed by atoms with van der Waals surface area (Å²) in [5.41, 5.74) is 7.18. The highest BCUT2D eigenvalue weighted by atomic mass is 35.5. The Kier molecular flexibility index (Phi) is 3.17. The van der Waals surface area contributed by atoms with Gasteiger partial charge in [0.1, 0.15) is 11.4 Å². The number of pyridine rings is 1. The SMILES string of the molecule is CC1(Oc2cc3cc[nH]c(=O)c3cc2Cl)C=C2C(N)C3CC(CC23)C1. The van der Waals surface area contributed by atoms with Gasteiger partial charge in [-0.15, -0.1) is 0 Å². The van der Waals surface area contributed by atoms with Gasteiger partial charge in [-0.25, -0.2) is 0 Å². The highest BCUT2D eigenvalue weighted by Crippen LogP contribution is 2.57. The van der Waals surface area contributed by atoms with Gasteiger partial charge >= 0.3 is 0 Å². The van der Waals surface area contributed by atoms with Crippen molar-refractivity contribution in [1.82, 2.24) is 4.98 Å². The lowest BCUT2D eigenvalue weighted by Gasteiger charge is -2.44. The standard InChI is InChI=1S/C20H21ClN2O2/c1-20(8-10-4-13-14(5-10)18(22)15(13)9-20)25-17-6-11-2-3-23-19(24)12(11)7-16(17)21/h2-3,6-7,9-10,13-14,18H,4-5,8,22H2,1H3,(H,23,24). The Hall–Kier alpha value is -1.78. The molecule has 5 unspecified atom stereocenters. The Morgan fingerprint density at radius 3 is 3.04 bits per heavy atom. The van der Waals surface area contributed by atoms with Crippen molar-refractivity contribution in [3.63, 3.8) is 0 Å². The fourth-order valence-electron chi connectivity index (χ4n) is 5.28. The molecule has 4 nitrogen and oxygen atoms in total. The van der Waals surface area contributed by atoms with E-state index in [1.807, 2.05) is 12.1 Å². The molecule has 25 heavy (non-hydrogen) atoms. The van der Waals surface area contributed by atoms with Crippen LogP contribution < -0.4 is 16.0 Å². The third-order valence-electron chi connectivity index (χ3n) is 6.32. The third-order valence-corrected chi connectivity index (χ3v) is 6.61. The smallest absolute Gasteiger partial charge is 0.255 e. The van der Waals surface area contributed by atoms with E-state index in [-0.39, 0.29) is 11.6 Å². The minimum absolute atomic E-state index is 0.141. The van der Waals surface area contributed by atoms with E-state index in [9.17, 15) is 4.79 Å². The zero-order valence-electron chi connectivity index (χ0n) is 14.1. The van der Waals surface area contributed by atoms with E-state index in [4.69, 9.17) is 22.1 Å². The molecule has 2 saturated carbocycles. The summed E-state index contributed by atoms with van der Waals surface area (Å²) in [6.07, 6.45) is 7.33. The van der Waals surface area contributed by atoms with Crippen LogP contribution in [0, 0.1) is 17.8 Å². The summed E-state index contributed by atoms with van der Waals surface area (Å²) >= 11 is 6.43. The summed E-state index contributed by atoms with van der Waals surface area (Å²) in [5, 5.41) is 1.87. The van der Waals surface area contributed by atoms with E-state index >= 15 is 0 Å². The molecule has 0 radical (unpaired) electrons. The predicted molar refractivity (Wildman–Crippen MR) is 99.0 cm³/mol. The third kappa shape index (κ3) is 2.27. The molecule has 0 saturated heterocycles. The van der Waals surface area contributed by atoms with Crippen molar-refractivity contribution in [2.45, 2.75) is 37.8 Å². The van der Waals surface area contributed by atoms with Crippen molar-refractivity contribution < 1.29 is 4.74 Å². The van der Waals surface area contributed by atoms with Crippen LogP contribution in [0.1, 0.15) is 26.2 Å². The monoisotopic (exact) mass is 356 g/mol. The minimum Gasteiger partial charge on any atom is -0.482 e. The van der Waals surface area contributed by atoms with Crippen LogP contribution in [-0.2, 0) is 0 Å². The number of benzene rings is 1. The number of aromatic amines is 1. The Balaban J connectivity index is 1.55. The lowest BCUT2D eigenvalue weighted by molar-refractivity contribution is 0.104. The molecule has 3 aliphatic rings. The van der Waals surface area contributed by atoms with Crippen LogP contribution >= 0.6 is 11.6 Å². The molecular formula is C20H21ClN2O2. The van der Waals surface area contributed by atoms with Crippen molar-refractivity contribution >= 4 is 22.4 Å². The van der Waals surface area contributed by atoms with Crippen molar-refractivity contribution in [2.24, 2.45) is 23.5 Å². The molecule has 0 aliphatic heterocycles. The zero-order chi connectivity index (χ0) is 17.3. The van der Waals surface area contributed by atoms with Crippen molar-refractivity contribution in [2.75, 3.05) is 0 Å². The van der Waals surface area contributed by atoms with Crippen LogP contribution in [0.4, 0.5) is 0 Å². The molecule has 0 spiro atoms. The maximum atomic E-state index is 11.9. The number of nitrogens with two attached hydrogens (primary N) is 1. The normalized spacial score (nSPS) is 35.9. The van der Waals surface area contributed by atoms with Crippen LogP contribution in [0.25, 0.3) is 10.8 Å². The fraction of sp³-hybridized carbons (Fsp3) is 0.450. The van der Waals surface area contributed by atoms with Crippen LogP contribution in [0.2, 0.25) is 5.02 Å². The average molecular weight is 357 g/mol. The maximum absolute atomic E-state index is 11.9. The summed E-state index contributed by atoms with van der Waals surface area (Å²) in [6.45, 7) is 2.12. The van der Waals surface area contributed by atoms with Crippen LogP contribution in [-0.4, -0.2) is 16.6 Å². The van der Waals surface area contributed by atoms with Gasteiger partial charge in [0.05, 0.1) is 5.02 Å². The summed E-state index contributed by atoms with van der Waals surface area (Å²) in [5.74, 6) is 2.62. The molecule has 0 amide bonds. The van der Waals surface area contributed by atoms with Gasteiger partial charge in [-0.05, 0) is 79.2 Å². The first-order valence-corrected chi connectivity index (χ1v) is 9.29. The van der Waals surface area contributed by atoms with Crippen molar-refractivity contribution in [3.05, 3.63) is 51.4 Å². The largest absolute Gasteiger partial charge is 0.482 e. The first-order valence-electron chi connectivity index (χ1n) is 8.92. The lowest BCUT2D eigenvalue weighted by atomic mass is 9.66. The maximum Gasteiger partial charge on any atom is 0.255 e. The van der Waals surface area contributed by atoms with Crippen LogP contribution in [0.5, 0.6) is 5.75 Å². The second-order valence-electron chi connectivity index (χ2n) is 8.07. The van der Waals surface area contributed by atoms with E-state index in [1.165, 1.54) is 18.4 Å². The zero-order valence-corrected chi connectivity index (χ0v) is 14.8. The van der Waals surface area contributed by atoms with E-state index in [0.29, 0.717) is 33.9 Å². The Labute approximate surface area is 151 Å². The molecule has 3 aliphatic carbocycles. The number of rotatable bonds is 2. The van der Waals surface area contributed by atoms with Gasteiger partial charge < -0.3 is 15.5 Å². The molecule has 5 atom stereocenters. The number of nitrogens with one attached hydrogen (secondary N) is 1. The van der Waals surface area contributed by atoms with E-state index < -0.39 is 5.60 Å². The molecule has 2 aromatic rings. The predicted octanol–water partition coefficient (Wildman–Crippen LogP) is 3.63. The topological polar surface area (TPSA) is 68.1 Å². The highest BCUT2D eigenvalue weighted by molar-refractivity contribution is 6.32. The summed E-state index contributed by atoms with van der Waals surface area (Å²) in [4.78, 5) is 14.6. The number of H-pyrrole nitrogens is 1. The molecule has 1 heterocycles. The van der Waals surface area contributed by atoms with Gasteiger partial charge in [0.2, 0.25) is 0 Å². The van der Waals surface area contributed by atoms with Crippen LogP contribution in [0.3, 0.4) is 0 Å². The van der Waals surface area contributed by atoms with E-state index in [1.54, 1.807) is 12.3 Å². The summed E-state index contributed by atoms with van der Waals surface area (Å²) in [6, 6.07) is 5.62. The Bertz CT molecular complexity index is 966. The van der Waals surface area contributed by atoms with Gasteiger partial charge in [0.15, 0.2) is 0 Å². The molecular weight excluding hydrogens is 336 g/mol. The fourth-order valence-corrected chi connectivity index (χ4v) is 5.48. The van der Waals surface area contributed by atoms with Gasteiger partial charge in [-0.2, -0.15) is 0 Å². The first-order chi connectivity index (χ1) is 11.9. The number of ether oxygens (including phenoxy) is 1. The number of aromatic nitrogens is 1. The van der Waals surface area contributed by atoms with Gasteiger partial charge in [-0.3, -0.25) is 4.79 Å². The lowest BCUT2D eigenvalue weighted by Crippen LogP contribution is -2.49. The molecule has 1 aromatic heterocycles. The number of fused-ring (bicyclic) bond motifs is 2. The van der Waals surface area contributed by atoms with E-state index in [0.717, 1.165) is 11.8 Å². The molecule has 2 bridgehead atoms. The summed E-state index contributed by atoms with van der Waals surface area (Å²) in [7, 11) is 0. The van der Waals surface area contributed by atoms with Crippen molar-refractivity contribution in [1.29, 1.82) is 0 Å². The number of hydrogen-bond donors (Lipinski definition) is 2. The molecule has 3 N–H and O–H groups in total. The number of hydrogen-bond acceptors (Lipinski definition) is 3. The highest BCUT2D eigenvalue weighted by Gasteiger charge is 2.54. The van der Waals surface area contributed by atoms with Crippen molar-refractivity contribution in [3.8, 4) is 5.75 Å². The summed E-state index contributed by atoms with van der Waals surface area (Å²) < 4.78 is 6.42. The first kappa shape index (κ1) is 15.5. The second-order valence-corrected chi connectivity index (χ2v) is 8.48. The molecule has 1 aromatic carbocycles. The minimum atomic E-state index is -0.406. The molecule has 2 fully saturated rings. The molecule has 5 rings (SSSR count). The van der Waals surface area contributed by atoms with Gasteiger partial charge in [0.25, 0.3) is 5.56 Å². The average Bonchev–Trinajstić information content (AvgIpc) is 2.87. The van der Waals surface area contributed by atoms with Crippen LogP contribution in [0.15, 0.2) is 40.8 Å².